The predicted molar refractivity (Wildman–Crippen MR) is 56.1 cm³/mol. The second kappa shape index (κ2) is 5.83. The van der Waals surface area contributed by atoms with Crippen molar-refractivity contribution in [3.63, 3.8) is 0 Å². The number of aryl methyl sites for hydroxylation is 1. The average Bonchev–Trinajstić information content (AvgIpc) is 2.58. The Balaban J connectivity index is 2.13. The molecule has 3 nitrogen and oxygen atoms in total. The minimum atomic E-state index is -0.180. The molecular formula is C11H19NO2. The van der Waals surface area contributed by atoms with Crippen LogP contribution in [0.25, 0.3) is 0 Å². The number of rotatable bonds is 6. The van der Waals surface area contributed by atoms with Crippen LogP contribution in [0.4, 0.5) is 0 Å². The molecule has 0 aliphatic rings. The Hall–Kier alpha value is -0.800. The Kier molecular flexibility index (Phi) is 4.70. The fourth-order valence-electron chi connectivity index (χ4n) is 1.26. The lowest BCUT2D eigenvalue weighted by atomic mass is 10.2. The van der Waals surface area contributed by atoms with Crippen LogP contribution in [0.3, 0.4) is 0 Å². The van der Waals surface area contributed by atoms with Gasteiger partial charge in [-0.05, 0) is 37.9 Å². The zero-order valence-corrected chi connectivity index (χ0v) is 8.92. The van der Waals surface area contributed by atoms with E-state index in [1.54, 1.807) is 6.26 Å². The van der Waals surface area contributed by atoms with Crippen LogP contribution in [0, 0.1) is 6.92 Å². The van der Waals surface area contributed by atoms with E-state index in [0.29, 0.717) is 0 Å². The van der Waals surface area contributed by atoms with Gasteiger partial charge in [0.2, 0.25) is 0 Å². The first-order valence-corrected chi connectivity index (χ1v) is 5.15. The molecule has 0 amide bonds. The lowest BCUT2D eigenvalue weighted by Gasteiger charge is -2.07. The number of furan rings is 1. The van der Waals surface area contributed by atoms with Crippen LogP contribution in [0.1, 0.15) is 31.1 Å². The predicted octanol–water partition coefficient (Wildman–Crippen LogP) is 1.84. The van der Waals surface area contributed by atoms with Gasteiger partial charge in [0.1, 0.15) is 5.76 Å². The summed E-state index contributed by atoms with van der Waals surface area (Å²) in [5.74, 6) is 0.982. The van der Waals surface area contributed by atoms with Crippen molar-refractivity contribution in [1.29, 1.82) is 0 Å². The molecule has 1 unspecified atom stereocenters. The van der Waals surface area contributed by atoms with Crippen molar-refractivity contribution < 1.29 is 9.52 Å². The van der Waals surface area contributed by atoms with E-state index in [2.05, 4.69) is 5.32 Å². The minimum absolute atomic E-state index is 0.180. The van der Waals surface area contributed by atoms with Crippen LogP contribution in [0.5, 0.6) is 0 Å². The number of hydrogen-bond donors (Lipinski definition) is 2. The number of nitrogens with one attached hydrogen (secondary N) is 1. The van der Waals surface area contributed by atoms with E-state index in [1.807, 2.05) is 19.9 Å². The molecule has 1 aromatic heterocycles. The monoisotopic (exact) mass is 197 g/mol. The number of aliphatic hydroxyl groups is 1. The molecule has 80 valence electrons. The van der Waals surface area contributed by atoms with E-state index in [1.165, 1.54) is 5.56 Å². The summed E-state index contributed by atoms with van der Waals surface area (Å²) in [6.07, 6.45) is 3.14. The lowest BCUT2D eigenvalue weighted by Crippen LogP contribution is -2.19. The maximum atomic E-state index is 9.31. The van der Waals surface area contributed by atoms with Crippen LogP contribution in [0.2, 0.25) is 0 Å². The molecule has 0 saturated carbocycles. The third kappa shape index (κ3) is 3.52. The highest BCUT2D eigenvalue weighted by molar-refractivity contribution is 5.13. The zero-order chi connectivity index (χ0) is 10.4. The van der Waals surface area contributed by atoms with Crippen LogP contribution in [-0.2, 0) is 6.54 Å². The molecular weight excluding hydrogens is 178 g/mol. The number of hydrogen-bond acceptors (Lipinski definition) is 3. The highest BCUT2D eigenvalue weighted by Gasteiger charge is 2.02. The van der Waals surface area contributed by atoms with Gasteiger partial charge in [0.25, 0.3) is 0 Å². The number of aliphatic hydroxyl groups excluding tert-OH is 1. The third-order valence-corrected chi connectivity index (χ3v) is 2.38. The molecule has 1 atom stereocenters. The summed E-state index contributed by atoms with van der Waals surface area (Å²) in [6, 6.07) is 1.96. The largest absolute Gasteiger partial charge is 0.468 e. The quantitative estimate of drug-likeness (QED) is 0.684. The molecule has 2 N–H and O–H groups in total. The van der Waals surface area contributed by atoms with Crippen molar-refractivity contribution in [2.24, 2.45) is 0 Å². The van der Waals surface area contributed by atoms with Crippen LogP contribution in [-0.4, -0.2) is 17.8 Å². The van der Waals surface area contributed by atoms with Gasteiger partial charge in [-0.1, -0.05) is 6.92 Å². The molecule has 1 heterocycles. The molecule has 0 fully saturated rings. The summed E-state index contributed by atoms with van der Waals surface area (Å²) in [5, 5.41) is 12.5. The summed E-state index contributed by atoms with van der Waals surface area (Å²) in [4.78, 5) is 0. The Morgan fingerprint density at radius 2 is 2.36 bits per heavy atom. The highest BCUT2D eigenvalue weighted by Crippen LogP contribution is 2.07. The first kappa shape index (κ1) is 11.3. The van der Waals surface area contributed by atoms with Crippen molar-refractivity contribution >= 4 is 0 Å². The SMILES string of the molecule is CCC(O)CCNCc1occc1C. The van der Waals surface area contributed by atoms with E-state index in [9.17, 15) is 5.11 Å². The third-order valence-electron chi connectivity index (χ3n) is 2.38. The van der Waals surface area contributed by atoms with Gasteiger partial charge in [0.15, 0.2) is 0 Å². The lowest BCUT2D eigenvalue weighted by molar-refractivity contribution is 0.159. The van der Waals surface area contributed by atoms with Gasteiger partial charge in [-0.2, -0.15) is 0 Å². The standard InChI is InChI=1S/C11H19NO2/c1-3-10(13)4-6-12-8-11-9(2)5-7-14-11/h5,7,10,12-13H,3-4,6,8H2,1-2H3. The Morgan fingerprint density at radius 1 is 1.57 bits per heavy atom. The second-order valence-corrected chi connectivity index (χ2v) is 3.55. The van der Waals surface area contributed by atoms with E-state index in [4.69, 9.17) is 4.42 Å². The topological polar surface area (TPSA) is 45.4 Å². The molecule has 0 radical (unpaired) electrons. The molecule has 0 aliphatic carbocycles. The summed E-state index contributed by atoms with van der Waals surface area (Å²) >= 11 is 0. The first-order valence-electron chi connectivity index (χ1n) is 5.15. The van der Waals surface area contributed by atoms with Gasteiger partial charge in [-0.3, -0.25) is 0 Å². The first-order chi connectivity index (χ1) is 6.74. The average molecular weight is 197 g/mol. The summed E-state index contributed by atoms with van der Waals surface area (Å²) < 4.78 is 5.27. The summed E-state index contributed by atoms with van der Waals surface area (Å²) in [5.41, 5.74) is 1.17. The fourth-order valence-corrected chi connectivity index (χ4v) is 1.26. The Morgan fingerprint density at radius 3 is 2.93 bits per heavy atom. The van der Waals surface area contributed by atoms with Gasteiger partial charge in [-0.25, -0.2) is 0 Å². The molecule has 14 heavy (non-hydrogen) atoms. The maximum absolute atomic E-state index is 9.31. The Labute approximate surface area is 85.1 Å². The van der Waals surface area contributed by atoms with E-state index < -0.39 is 0 Å². The Bertz CT molecular complexity index is 258. The van der Waals surface area contributed by atoms with Crippen LogP contribution in [0.15, 0.2) is 16.7 Å². The van der Waals surface area contributed by atoms with Crippen LogP contribution >= 0.6 is 0 Å². The molecule has 0 aromatic carbocycles. The maximum Gasteiger partial charge on any atom is 0.120 e. The smallest absolute Gasteiger partial charge is 0.120 e. The van der Waals surface area contributed by atoms with E-state index in [-0.39, 0.29) is 6.10 Å². The van der Waals surface area contributed by atoms with Crippen molar-refractivity contribution in [2.45, 2.75) is 39.3 Å². The molecule has 1 aromatic rings. The molecule has 0 bridgehead atoms. The zero-order valence-electron chi connectivity index (χ0n) is 8.92. The summed E-state index contributed by atoms with van der Waals surface area (Å²) in [6.45, 7) is 5.59. The van der Waals surface area contributed by atoms with Crippen molar-refractivity contribution in [1.82, 2.24) is 5.32 Å². The highest BCUT2D eigenvalue weighted by atomic mass is 16.3. The van der Waals surface area contributed by atoms with E-state index in [0.717, 1.165) is 31.7 Å². The molecule has 0 aliphatic heterocycles. The van der Waals surface area contributed by atoms with Crippen molar-refractivity contribution in [3.8, 4) is 0 Å². The second-order valence-electron chi connectivity index (χ2n) is 3.55. The fraction of sp³-hybridized carbons (Fsp3) is 0.636. The van der Waals surface area contributed by atoms with Crippen LogP contribution < -0.4 is 5.32 Å². The summed E-state index contributed by atoms with van der Waals surface area (Å²) in [7, 11) is 0. The van der Waals surface area contributed by atoms with Gasteiger partial charge in [-0.15, -0.1) is 0 Å². The van der Waals surface area contributed by atoms with Crippen molar-refractivity contribution in [3.05, 3.63) is 23.7 Å². The van der Waals surface area contributed by atoms with Gasteiger partial charge >= 0.3 is 0 Å². The van der Waals surface area contributed by atoms with Crippen molar-refractivity contribution in [2.75, 3.05) is 6.54 Å². The van der Waals surface area contributed by atoms with Gasteiger partial charge in [0.05, 0.1) is 18.9 Å². The van der Waals surface area contributed by atoms with Gasteiger partial charge < -0.3 is 14.8 Å². The molecule has 3 heteroatoms. The normalized spacial score (nSPS) is 13.1. The van der Waals surface area contributed by atoms with Gasteiger partial charge in [0, 0.05) is 0 Å². The molecule has 0 spiro atoms. The molecule has 1 rings (SSSR count). The minimum Gasteiger partial charge on any atom is -0.468 e. The molecule has 0 saturated heterocycles. The van der Waals surface area contributed by atoms with E-state index >= 15 is 0 Å².